The molecule has 0 spiro atoms. The Bertz CT molecular complexity index is 3300. The molecule has 72 heavy (non-hydrogen) atoms. The highest BCUT2D eigenvalue weighted by Gasteiger charge is 2.45. The van der Waals surface area contributed by atoms with E-state index in [1.54, 1.807) is 0 Å². The highest BCUT2D eigenvalue weighted by Crippen LogP contribution is 2.49. The van der Waals surface area contributed by atoms with E-state index in [1.165, 1.54) is 94.6 Å². The van der Waals surface area contributed by atoms with Crippen LogP contribution in [0.2, 0.25) is 0 Å². The standard InChI is InChI=1S/C67H69BN2O2/c1-42-34-59-63-60(35-42)70(54-37-47(44-16-23-50(24-17-44)65(5,6)7)36-48(38-54)45-18-25-51(26-19-45)66(8,9)10)57-39-46(43-14-21-49(22-15-43)64(2,3)4)20-31-55(57)68(63)56-40-61-62(72-33-32-71-61)41-58(56)69(59)53-29-27-52(28-30-53)67(11,12)13/h14-31,34-41H,32-33H2,1-13H3. The van der Waals surface area contributed by atoms with E-state index in [2.05, 4.69) is 258 Å². The maximum atomic E-state index is 6.43. The van der Waals surface area contributed by atoms with Gasteiger partial charge in [-0.1, -0.05) is 180 Å². The van der Waals surface area contributed by atoms with Gasteiger partial charge in [0.05, 0.1) is 0 Å². The van der Waals surface area contributed by atoms with Gasteiger partial charge in [0.1, 0.15) is 13.2 Å². The summed E-state index contributed by atoms with van der Waals surface area (Å²) in [5, 5.41) is 0. The monoisotopic (exact) mass is 945 g/mol. The number of ether oxygens (including phenoxy) is 2. The summed E-state index contributed by atoms with van der Waals surface area (Å²) in [5.41, 5.74) is 24.3. The number of hydrogen-bond donors (Lipinski definition) is 0. The maximum Gasteiger partial charge on any atom is 0.252 e. The van der Waals surface area contributed by atoms with Crippen molar-refractivity contribution in [3.05, 3.63) is 186 Å². The van der Waals surface area contributed by atoms with E-state index in [0.29, 0.717) is 13.2 Å². The zero-order valence-electron chi connectivity index (χ0n) is 44.7. The molecule has 0 unspecified atom stereocenters. The van der Waals surface area contributed by atoms with E-state index in [1.807, 2.05) is 0 Å². The zero-order valence-corrected chi connectivity index (χ0v) is 44.7. The Morgan fingerprint density at radius 2 is 0.736 bits per heavy atom. The van der Waals surface area contributed by atoms with Gasteiger partial charge in [-0.15, -0.1) is 0 Å². The molecule has 11 rings (SSSR count). The van der Waals surface area contributed by atoms with Crippen LogP contribution in [-0.4, -0.2) is 19.9 Å². The van der Waals surface area contributed by atoms with Gasteiger partial charge in [-0.2, -0.15) is 0 Å². The van der Waals surface area contributed by atoms with E-state index < -0.39 is 0 Å². The summed E-state index contributed by atoms with van der Waals surface area (Å²) >= 11 is 0. The first-order chi connectivity index (χ1) is 34.1. The van der Waals surface area contributed by atoms with E-state index in [9.17, 15) is 0 Å². The smallest absolute Gasteiger partial charge is 0.252 e. The summed E-state index contributed by atoms with van der Waals surface area (Å²) in [5.74, 6) is 1.58. The SMILES string of the molecule is Cc1cc2c3c(c1)N(c1ccc(C(C)(C)C)cc1)c1cc4c(cc1B3c1ccc(-c3ccc(C(C)(C)C)cc3)cc1N2c1cc(-c2ccc(C(C)(C)C)cc2)cc(-c2ccc(C(C)(C)C)cc2)c1)OCCO4. The van der Waals surface area contributed by atoms with E-state index in [4.69, 9.17) is 9.47 Å². The van der Waals surface area contributed by atoms with Crippen molar-refractivity contribution >= 4 is 57.2 Å². The molecule has 8 aromatic carbocycles. The molecule has 3 aliphatic rings. The van der Waals surface area contributed by atoms with Gasteiger partial charge in [-0.05, 0) is 161 Å². The molecule has 0 radical (unpaired) electrons. The van der Waals surface area contributed by atoms with Crippen molar-refractivity contribution in [2.45, 2.75) is 112 Å². The summed E-state index contributed by atoms with van der Waals surface area (Å²) in [6, 6.07) is 60.6. The van der Waals surface area contributed by atoms with Gasteiger partial charge in [0.15, 0.2) is 11.5 Å². The molecule has 0 atom stereocenters. The lowest BCUT2D eigenvalue weighted by Crippen LogP contribution is -2.61. The second kappa shape index (κ2) is 17.1. The highest BCUT2D eigenvalue weighted by atomic mass is 16.6. The van der Waals surface area contributed by atoms with Crippen molar-refractivity contribution in [2.75, 3.05) is 23.0 Å². The summed E-state index contributed by atoms with van der Waals surface area (Å²) in [6.07, 6.45) is 0. The molecule has 3 heterocycles. The van der Waals surface area contributed by atoms with Crippen LogP contribution in [0.1, 0.15) is 111 Å². The third-order valence-electron chi connectivity index (χ3n) is 15.3. The predicted octanol–water partition coefficient (Wildman–Crippen LogP) is 16.0. The van der Waals surface area contributed by atoms with Crippen LogP contribution in [0.5, 0.6) is 11.5 Å². The Hall–Kier alpha value is -6.98. The number of fused-ring (bicyclic) bond motifs is 5. The normalized spacial score (nSPS) is 14.2. The minimum absolute atomic E-state index is 0.0184. The third kappa shape index (κ3) is 8.49. The molecule has 0 N–H and O–H groups in total. The lowest BCUT2D eigenvalue weighted by Gasteiger charge is -2.45. The largest absolute Gasteiger partial charge is 0.486 e. The van der Waals surface area contributed by atoms with Gasteiger partial charge in [0.2, 0.25) is 0 Å². The first-order valence-electron chi connectivity index (χ1n) is 26.0. The van der Waals surface area contributed by atoms with Crippen molar-refractivity contribution in [1.29, 1.82) is 0 Å². The summed E-state index contributed by atoms with van der Waals surface area (Å²) in [6.45, 7) is 30.6. The van der Waals surface area contributed by atoms with Crippen molar-refractivity contribution in [1.82, 2.24) is 0 Å². The molecule has 4 nitrogen and oxygen atoms in total. The Kier molecular flexibility index (Phi) is 11.2. The molecule has 0 aliphatic carbocycles. The number of rotatable bonds is 5. The number of hydrogen-bond acceptors (Lipinski definition) is 4. The van der Waals surface area contributed by atoms with Crippen LogP contribution < -0.4 is 35.7 Å². The Morgan fingerprint density at radius 1 is 0.347 bits per heavy atom. The number of nitrogens with zero attached hydrogens (tertiary/aromatic N) is 2. The first kappa shape index (κ1) is 47.4. The number of benzene rings is 8. The molecule has 0 fully saturated rings. The van der Waals surface area contributed by atoms with Crippen LogP contribution in [0.25, 0.3) is 33.4 Å². The molecule has 0 saturated carbocycles. The molecule has 3 aliphatic heterocycles. The van der Waals surface area contributed by atoms with Gasteiger partial charge in [-0.25, -0.2) is 0 Å². The van der Waals surface area contributed by atoms with Crippen molar-refractivity contribution in [2.24, 2.45) is 0 Å². The molecule has 5 heteroatoms. The Balaban J connectivity index is 1.20. The van der Waals surface area contributed by atoms with Crippen LogP contribution in [-0.2, 0) is 21.7 Å². The van der Waals surface area contributed by atoms with Crippen molar-refractivity contribution < 1.29 is 9.47 Å². The van der Waals surface area contributed by atoms with Gasteiger partial charge < -0.3 is 19.3 Å². The molecule has 8 aromatic rings. The van der Waals surface area contributed by atoms with Crippen molar-refractivity contribution in [3.63, 3.8) is 0 Å². The van der Waals surface area contributed by atoms with Gasteiger partial charge in [0.25, 0.3) is 6.71 Å². The fourth-order valence-electron chi connectivity index (χ4n) is 11.1. The molecule has 0 saturated heterocycles. The van der Waals surface area contributed by atoms with Gasteiger partial charge >= 0.3 is 0 Å². The Morgan fingerprint density at radius 3 is 1.19 bits per heavy atom. The predicted molar refractivity (Wildman–Crippen MR) is 307 cm³/mol. The fraction of sp³-hybridized carbons (Fsp3) is 0.284. The molecule has 0 amide bonds. The maximum absolute atomic E-state index is 6.43. The fourth-order valence-corrected chi connectivity index (χ4v) is 11.1. The summed E-state index contributed by atoms with van der Waals surface area (Å²) < 4.78 is 12.8. The lowest BCUT2D eigenvalue weighted by atomic mass is 9.33. The molecule has 362 valence electrons. The first-order valence-corrected chi connectivity index (χ1v) is 26.0. The minimum atomic E-state index is -0.0902. The van der Waals surface area contributed by atoms with Crippen LogP contribution in [0, 0.1) is 6.92 Å². The van der Waals surface area contributed by atoms with Gasteiger partial charge in [0, 0.05) is 40.2 Å². The highest BCUT2D eigenvalue weighted by molar-refractivity contribution is 7.00. The number of aryl methyl sites for hydroxylation is 1. The second-order valence-corrected chi connectivity index (χ2v) is 24.7. The van der Waals surface area contributed by atoms with Crippen LogP contribution in [0.15, 0.2) is 158 Å². The quantitative estimate of drug-likeness (QED) is 0.161. The van der Waals surface area contributed by atoms with E-state index in [-0.39, 0.29) is 28.4 Å². The summed E-state index contributed by atoms with van der Waals surface area (Å²) in [7, 11) is 0. The van der Waals surface area contributed by atoms with E-state index >= 15 is 0 Å². The zero-order chi connectivity index (χ0) is 50.6. The minimum Gasteiger partial charge on any atom is -0.486 e. The van der Waals surface area contributed by atoms with Crippen LogP contribution in [0.4, 0.5) is 34.1 Å². The summed E-state index contributed by atoms with van der Waals surface area (Å²) in [4.78, 5) is 5.06. The average molecular weight is 945 g/mol. The molecular weight excluding hydrogens is 876 g/mol. The topological polar surface area (TPSA) is 24.9 Å². The number of anilines is 6. The Labute approximate surface area is 429 Å². The average Bonchev–Trinajstić information content (AvgIpc) is 3.34. The van der Waals surface area contributed by atoms with Gasteiger partial charge in [-0.3, -0.25) is 0 Å². The molecular formula is C67H69BN2O2. The van der Waals surface area contributed by atoms with E-state index in [0.717, 1.165) is 28.6 Å². The third-order valence-corrected chi connectivity index (χ3v) is 15.3. The lowest BCUT2D eigenvalue weighted by molar-refractivity contribution is 0.172. The van der Waals surface area contributed by atoms with Crippen LogP contribution in [0.3, 0.4) is 0 Å². The van der Waals surface area contributed by atoms with Crippen LogP contribution >= 0.6 is 0 Å². The van der Waals surface area contributed by atoms with Crippen molar-refractivity contribution in [3.8, 4) is 44.9 Å². The molecule has 0 aromatic heterocycles. The second-order valence-electron chi connectivity index (χ2n) is 24.7. The molecule has 0 bridgehead atoms.